The van der Waals surface area contributed by atoms with Crippen LogP contribution in [0.5, 0.6) is 0 Å². The van der Waals surface area contributed by atoms with Crippen LogP contribution in [0.25, 0.3) is 0 Å². The Morgan fingerprint density at radius 3 is 1.93 bits per heavy atom. The van der Waals surface area contributed by atoms with Crippen molar-refractivity contribution >= 4 is 0 Å². The molecule has 86 valence electrons. The van der Waals surface area contributed by atoms with E-state index in [0.29, 0.717) is 5.92 Å². The molecule has 0 amide bonds. The van der Waals surface area contributed by atoms with Gasteiger partial charge in [0.05, 0.1) is 5.60 Å². The molecule has 0 aliphatic rings. The van der Waals surface area contributed by atoms with Crippen LogP contribution in [0.15, 0.2) is 0 Å². The molecular formula is C12H27NO. The van der Waals surface area contributed by atoms with Crippen LogP contribution in [-0.4, -0.2) is 18.2 Å². The van der Waals surface area contributed by atoms with Gasteiger partial charge in [-0.25, -0.2) is 0 Å². The number of ether oxygens (including phenoxy) is 1. The predicted molar refractivity (Wildman–Crippen MR) is 62.4 cm³/mol. The highest BCUT2D eigenvalue weighted by Gasteiger charge is 2.36. The van der Waals surface area contributed by atoms with Crippen molar-refractivity contribution in [1.29, 1.82) is 0 Å². The Kier molecular flexibility index (Phi) is 6.38. The number of rotatable bonds is 7. The fourth-order valence-corrected chi connectivity index (χ4v) is 2.08. The average Bonchev–Trinajstić information content (AvgIpc) is 2.24. The number of hydrogen-bond acceptors (Lipinski definition) is 2. The van der Waals surface area contributed by atoms with E-state index < -0.39 is 0 Å². The van der Waals surface area contributed by atoms with Gasteiger partial charge in [-0.2, -0.15) is 0 Å². The summed E-state index contributed by atoms with van der Waals surface area (Å²) in [6, 6.07) is 0.155. The van der Waals surface area contributed by atoms with Crippen LogP contribution in [0.1, 0.15) is 53.9 Å². The Morgan fingerprint density at radius 2 is 1.64 bits per heavy atom. The van der Waals surface area contributed by atoms with Gasteiger partial charge in [0.2, 0.25) is 0 Å². The summed E-state index contributed by atoms with van der Waals surface area (Å²) >= 11 is 0. The first-order valence-corrected chi connectivity index (χ1v) is 5.97. The SMILES string of the molecule is CCOC(CC)(CC)C(N)C(C)CC. The zero-order chi connectivity index (χ0) is 11.2. The van der Waals surface area contributed by atoms with Gasteiger partial charge in [-0.1, -0.05) is 34.1 Å². The maximum Gasteiger partial charge on any atom is 0.0829 e. The minimum atomic E-state index is -0.107. The molecular weight excluding hydrogens is 174 g/mol. The monoisotopic (exact) mass is 201 g/mol. The van der Waals surface area contributed by atoms with Gasteiger partial charge in [-0.05, 0) is 25.7 Å². The fraction of sp³-hybridized carbons (Fsp3) is 1.00. The summed E-state index contributed by atoms with van der Waals surface area (Å²) in [7, 11) is 0. The van der Waals surface area contributed by atoms with E-state index in [4.69, 9.17) is 10.5 Å². The number of hydrogen-bond donors (Lipinski definition) is 1. The largest absolute Gasteiger partial charge is 0.374 e. The second kappa shape index (κ2) is 6.41. The predicted octanol–water partition coefficient (Wildman–Crippen LogP) is 2.96. The van der Waals surface area contributed by atoms with E-state index in [9.17, 15) is 0 Å². The summed E-state index contributed by atoms with van der Waals surface area (Å²) in [5.41, 5.74) is 6.18. The highest BCUT2D eigenvalue weighted by molar-refractivity contribution is 4.91. The highest BCUT2D eigenvalue weighted by Crippen LogP contribution is 2.28. The quantitative estimate of drug-likeness (QED) is 0.687. The zero-order valence-corrected chi connectivity index (χ0v) is 10.5. The standard InChI is InChI=1S/C12H27NO/c1-6-10(5)11(13)12(7-2,8-3)14-9-4/h10-11H,6-9,13H2,1-5H3. The Labute approximate surface area is 89.2 Å². The van der Waals surface area contributed by atoms with Crippen LogP contribution in [0.4, 0.5) is 0 Å². The van der Waals surface area contributed by atoms with Gasteiger partial charge in [-0.15, -0.1) is 0 Å². The van der Waals surface area contributed by atoms with E-state index in [1.54, 1.807) is 0 Å². The van der Waals surface area contributed by atoms with Crippen LogP contribution in [0.2, 0.25) is 0 Å². The Hall–Kier alpha value is -0.0800. The van der Waals surface area contributed by atoms with E-state index in [1.807, 2.05) is 6.92 Å². The van der Waals surface area contributed by atoms with Crippen molar-refractivity contribution in [3.05, 3.63) is 0 Å². The summed E-state index contributed by atoms with van der Waals surface area (Å²) in [6.45, 7) is 11.5. The van der Waals surface area contributed by atoms with Gasteiger partial charge < -0.3 is 10.5 Å². The Morgan fingerprint density at radius 1 is 1.14 bits per heavy atom. The zero-order valence-electron chi connectivity index (χ0n) is 10.5. The summed E-state index contributed by atoms with van der Waals surface area (Å²) < 4.78 is 5.89. The highest BCUT2D eigenvalue weighted by atomic mass is 16.5. The van der Waals surface area contributed by atoms with Crippen molar-refractivity contribution in [1.82, 2.24) is 0 Å². The van der Waals surface area contributed by atoms with Crippen LogP contribution in [-0.2, 0) is 4.74 Å². The molecule has 2 N–H and O–H groups in total. The molecule has 2 unspecified atom stereocenters. The van der Waals surface area contributed by atoms with Crippen molar-refractivity contribution < 1.29 is 4.74 Å². The Balaban J connectivity index is 4.59. The van der Waals surface area contributed by atoms with Gasteiger partial charge in [0.25, 0.3) is 0 Å². The van der Waals surface area contributed by atoms with E-state index in [1.165, 1.54) is 0 Å². The van der Waals surface area contributed by atoms with Gasteiger partial charge in [0.1, 0.15) is 0 Å². The molecule has 0 saturated heterocycles. The lowest BCUT2D eigenvalue weighted by atomic mass is 9.81. The molecule has 2 atom stereocenters. The lowest BCUT2D eigenvalue weighted by Gasteiger charge is -2.40. The topological polar surface area (TPSA) is 35.2 Å². The molecule has 0 rings (SSSR count). The smallest absolute Gasteiger partial charge is 0.0829 e. The first kappa shape index (κ1) is 13.9. The van der Waals surface area contributed by atoms with E-state index in [-0.39, 0.29) is 11.6 Å². The molecule has 0 aliphatic heterocycles. The van der Waals surface area contributed by atoms with Crippen molar-refractivity contribution in [2.75, 3.05) is 6.61 Å². The van der Waals surface area contributed by atoms with Gasteiger partial charge in [0, 0.05) is 12.6 Å². The molecule has 0 spiro atoms. The maximum absolute atomic E-state index is 6.29. The first-order chi connectivity index (χ1) is 6.57. The lowest BCUT2D eigenvalue weighted by molar-refractivity contribution is -0.0745. The summed E-state index contributed by atoms with van der Waals surface area (Å²) in [6.07, 6.45) is 3.13. The van der Waals surface area contributed by atoms with Crippen LogP contribution in [0.3, 0.4) is 0 Å². The third-order valence-corrected chi connectivity index (χ3v) is 3.49. The van der Waals surface area contributed by atoms with Gasteiger partial charge >= 0.3 is 0 Å². The van der Waals surface area contributed by atoms with Crippen LogP contribution < -0.4 is 5.73 Å². The minimum absolute atomic E-state index is 0.107. The van der Waals surface area contributed by atoms with Gasteiger partial charge in [-0.3, -0.25) is 0 Å². The van der Waals surface area contributed by atoms with Crippen molar-refractivity contribution in [2.24, 2.45) is 11.7 Å². The second-order valence-corrected chi connectivity index (χ2v) is 4.12. The fourth-order valence-electron chi connectivity index (χ4n) is 2.08. The molecule has 0 aliphatic carbocycles. The Bertz CT molecular complexity index is 143. The first-order valence-electron chi connectivity index (χ1n) is 5.97. The third-order valence-electron chi connectivity index (χ3n) is 3.49. The maximum atomic E-state index is 6.29. The molecule has 0 aromatic rings. The molecule has 2 nitrogen and oxygen atoms in total. The molecule has 0 radical (unpaired) electrons. The molecule has 0 aromatic heterocycles. The van der Waals surface area contributed by atoms with Crippen LogP contribution >= 0.6 is 0 Å². The third kappa shape index (κ3) is 2.96. The molecule has 0 heterocycles. The molecule has 2 heteroatoms. The summed E-state index contributed by atoms with van der Waals surface area (Å²) in [4.78, 5) is 0. The lowest BCUT2D eigenvalue weighted by Crippen LogP contribution is -2.52. The summed E-state index contributed by atoms with van der Waals surface area (Å²) in [5, 5.41) is 0. The molecule has 0 bridgehead atoms. The van der Waals surface area contributed by atoms with E-state index >= 15 is 0 Å². The van der Waals surface area contributed by atoms with Gasteiger partial charge in [0.15, 0.2) is 0 Å². The number of nitrogens with two attached hydrogens (primary N) is 1. The van der Waals surface area contributed by atoms with E-state index in [2.05, 4.69) is 27.7 Å². The molecule has 0 aromatic carbocycles. The van der Waals surface area contributed by atoms with Crippen molar-refractivity contribution in [2.45, 2.75) is 65.5 Å². The van der Waals surface area contributed by atoms with Crippen molar-refractivity contribution in [3.63, 3.8) is 0 Å². The average molecular weight is 201 g/mol. The summed E-state index contributed by atoms with van der Waals surface area (Å²) in [5.74, 6) is 0.529. The minimum Gasteiger partial charge on any atom is -0.374 e. The van der Waals surface area contributed by atoms with Crippen LogP contribution in [0, 0.1) is 5.92 Å². The molecule has 0 fully saturated rings. The van der Waals surface area contributed by atoms with E-state index in [0.717, 1.165) is 25.9 Å². The normalized spacial score (nSPS) is 16.7. The molecule has 0 saturated carbocycles. The second-order valence-electron chi connectivity index (χ2n) is 4.12. The molecule has 14 heavy (non-hydrogen) atoms. The van der Waals surface area contributed by atoms with Crippen molar-refractivity contribution in [3.8, 4) is 0 Å².